The number of aryl methyl sites for hydroxylation is 2. The number of carbonyl (C=O) groups excluding carboxylic acids is 1. The molecule has 0 spiro atoms. The van der Waals surface area contributed by atoms with Crippen molar-refractivity contribution >= 4 is 43.9 Å². The average molecular weight is 441 g/mol. The molecule has 0 saturated heterocycles. The molecule has 0 radical (unpaired) electrons. The number of rotatable bonds is 6. The average Bonchev–Trinajstić information content (AvgIpc) is 3.33. The standard InChI is InChI=1S/C21H20N4O3S2/c1-4-28-15-7-5-14(6-8-15)17-12(2)30-19-18(17)20(27)25(13(3)23-19)11-16(26)24-21-22-9-10-29-21/h5-10H,4,11H2,1-3H3,(H,22,24,26). The highest BCUT2D eigenvalue weighted by atomic mass is 32.1. The van der Waals surface area contributed by atoms with Crippen molar-refractivity contribution in [1.29, 1.82) is 0 Å². The zero-order valence-corrected chi connectivity index (χ0v) is 18.4. The van der Waals surface area contributed by atoms with Crippen molar-refractivity contribution in [3.05, 3.63) is 56.9 Å². The van der Waals surface area contributed by atoms with E-state index in [1.165, 1.54) is 27.2 Å². The number of thiophene rings is 1. The second-order valence-corrected chi connectivity index (χ2v) is 8.70. The Kier molecular flexibility index (Phi) is 5.65. The lowest BCUT2D eigenvalue weighted by Crippen LogP contribution is -2.30. The Hall–Kier alpha value is -3.04. The normalized spacial score (nSPS) is 11.0. The highest BCUT2D eigenvalue weighted by Gasteiger charge is 2.20. The Morgan fingerprint density at radius 2 is 2.00 bits per heavy atom. The molecule has 3 heterocycles. The Morgan fingerprint density at radius 3 is 2.67 bits per heavy atom. The molecule has 154 valence electrons. The molecule has 0 unspecified atom stereocenters. The number of fused-ring (bicyclic) bond motifs is 1. The number of ether oxygens (including phenoxy) is 1. The fourth-order valence-electron chi connectivity index (χ4n) is 3.30. The maximum Gasteiger partial charge on any atom is 0.263 e. The van der Waals surface area contributed by atoms with Gasteiger partial charge in [-0.15, -0.1) is 22.7 Å². The van der Waals surface area contributed by atoms with Crippen LogP contribution < -0.4 is 15.6 Å². The molecule has 4 rings (SSSR count). The van der Waals surface area contributed by atoms with E-state index in [9.17, 15) is 9.59 Å². The van der Waals surface area contributed by atoms with Crippen molar-refractivity contribution in [3.63, 3.8) is 0 Å². The van der Waals surface area contributed by atoms with E-state index in [1.54, 1.807) is 18.5 Å². The van der Waals surface area contributed by atoms with Crippen LogP contribution in [-0.2, 0) is 11.3 Å². The van der Waals surface area contributed by atoms with Crippen molar-refractivity contribution in [2.75, 3.05) is 11.9 Å². The number of benzene rings is 1. The number of amides is 1. The van der Waals surface area contributed by atoms with Gasteiger partial charge in [0.05, 0.1) is 12.0 Å². The quantitative estimate of drug-likeness (QED) is 0.485. The number of hydrogen-bond acceptors (Lipinski definition) is 7. The van der Waals surface area contributed by atoms with Gasteiger partial charge in [-0.3, -0.25) is 14.2 Å². The predicted octanol–water partition coefficient (Wildman–Crippen LogP) is 4.24. The highest BCUT2D eigenvalue weighted by Crippen LogP contribution is 2.36. The monoisotopic (exact) mass is 440 g/mol. The van der Waals surface area contributed by atoms with Crippen LogP contribution in [-0.4, -0.2) is 27.0 Å². The minimum atomic E-state index is -0.314. The Morgan fingerprint density at radius 1 is 1.23 bits per heavy atom. The molecule has 0 fully saturated rings. The van der Waals surface area contributed by atoms with Crippen LogP contribution in [0.5, 0.6) is 5.75 Å². The molecule has 0 aliphatic carbocycles. The smallest absolute Gasteiger partial charge is 0.263 e. The van der Waals surface area contributed by atoms with Crippen molar-refractivity contribution in [3.8, 4) is 16.9 Å². The lowest BCUT2D eigenvalue weighted by Gasteiger charge is -2.10. The van der Waals surface area contributed by atoms with E-state index >= 15 is 0 Å². The van der Waals surface area contributed by atoms with E-state index in [-0.39, 0.29) is 18.0 Å². The molecular weight excluding hydrogens is 420 g/mol. The molecule has 0 aliphatic heterocycles. The second kappa shape index (κ2) is 8.37. The van der Waals surface area contributed by atoms with Crippen LogP contribution in [0.15, 0.2) is 40.6 Å². The first-order valence-electron chi connectivity index (χ1n) is 9.41. The van der Waals surface area contributed by atoms with Gasteiger partial charge in [-0.2, -0.15) is 0 Å². The maximum atomic E-state index is 13.4. The molecule has 1 N–H and O–H groups in total. The number of carbonyl (C=O) groups is 1. The topological polar surface area (TPSA) is 86.1 Å². The molecule has 1 aromatic carbocycles. The van der Waals surface area contributed by atoms with Gasteiger partial charge in [0.25, 0.3) is 5.56 Å². The van der Waals surface area contributed by atoms with Crippen LogP contribution in [0, 0.1) is 13.8 Å². The van der Waals surface area contributed by atoms with E-state index < -0.39 is 0 Å². The molecule has 7 nitrogen and oxygen atoms in total. The van der Waals surface area contributed by atoms with Crippen molar-refractivity contribution < 1.29 is 9.53 Å². The second-order valence-electron chi connectivity index (χ2n) is 6.61. The van der Waals surface area contributed by atoms with Gasteiger partial charge in [-0.25, -0.2) is 9.97 Å². The van der Waals surface area contributed by atoms with Gasteiger partial charge < -0.3 is 10.1 Å². The molecule has 4 aromatic rings. The summed E-state index contributed by atoms with van der Waals surface area (Å²) in [6.07, 6.45) is 1.61. The third-order valence-electron chi connectivity index (χ3n) is 4.61. The number of nitrogens with zero attached hydrogens (tertiary/aromatic N) is 3. The van der Waals surface area contributed by atoms with Crippen LogP contribution in [0.3, 0.4) is 0 Å². The minimum Gasteiger partial charge on any atom is -0.494 e. The largest absolute Gasteiger partial charge is 0.494 e. The summed E-state index contributed by atoms with van der Waals surface area (Å²) in [6.45, 7) is 6.13. The molecule has 0 aliphatic rings. The van der Waals surface area contributed by atoms with Crippen LogP contribution in [0.25, 0.3) is 21.3 Å². The van der Waals surface area contributed by atoms with E-state index in [2.05, 4.69) is 15.3 Å². The summed E-state index contributed by atoms with van der Waals surface area (Å²) in [6, 6.07) is 7.67. The van der Waals surface area contributed by atoms with Crippen LogP contribution in [0.2, 0.25) is 0 Å². The molecular formula is C21H20N4O3S2. The zero-order chi connectivity index (χ0) is 21.3. The molecule has 1 amide bonds. The van der Waals surface area contributed by atoms with Crippen LogP contribution in [0.1, 0.15) is 17.6 Å². The van der Waals surface area contributed by atoms with Crippen molar-refractivity contribution in [2.24, 2.45) is 0 Å². The number of thiazole rings is 1. The molecule has 0 bridgehead atoms. The van der Waals surface area contributed by atoms with Gasteiger partial charge in [0, 0.05) is 22.0 Å². The summed E-state index contributed by atoms with van der Waals surface area (Å²) in [4.78, 5) is 36.1. The zero-order valence-electron chi connectivity index (χ0n) is 16.8. The van der Waals surface area contributed by atoms with Gasteiger partial charge in [0.2, 0.25) is 5.91 Å². The highest BCUT2D eigenvalue weighted by molar-refractivity contribution is 7.19. The predicted molar refractivity (Wildman–Crippen MR) is 121 cm³/mol. The summed E-state index contributed by atoms with van der Waals surface area (Å²) >= 11 is 2.81. The summed E-state index contributed by atoms with van der Waals surface area (Å²) in [5.41, 5.74) is 1.55. The Balaban J connectivity index is 1.75. The van der Waals surface area contributed by atoms with Crippen molar-refractivity contribution in [2.45, 2.75) is 27.3 Å². The fourth-order valence-corrected chi connectivity index (χ4v) is 4.93. The van der Waals surface area contributed by atoms with Gasteiger partial charge in [-0.05, 0) is 38.5 Å². The third-order valence-corrected chi connectivity index (χ3v) is 6.30. The number of hydrogen-bond donors (Lipinski definition) is 1. The molecule has 3 aromatic heterocycles. The first-order chi connectivity index (χ1) is 14.5. The number of anilines is 1. The molecule has 30 heavy (non-hydrogen) atoms. The SMILES string of the molecule is CCOc1ccc(-c2c(C)sc3nc(C)n(CC(=O)Nc4nccs4)c(=O)c23)cc1. The van der Waals surface area contributed by atoms with Gasteiger partial charge in [0.1, 0.15) is 22.9 Å². The van der Waals surface area contributed by atoms with E-state index in [0.29, 0.717) is 27.8 Å². The summed E-state index contributed by atoms with van der Waals surface area (Å²) in [5, 5.41) is 5.53. The lowest BCUT2D eigenvalue weighted by atomic mass is 10.0. The van der Waals surface area contributed by atoms with E-state index in [4.69, 9.17) is 4.74 Å². The fraction of sp³-hybridized carbons (Fsp3) is 0.238. The van der Waals surface area contributed by atoms with Gasteiger partial charge in [0.15, 0.2) is 5.13 Å². The van der Waals surface area contributed by atoms with E-state index in [0.717, 1.165) is 21.8 Å². The van der Waals surface area contributed by atoms with Crippen molar-refractivity contribution in [1.82, 2.24) is 14.5 Å². The number of nitrogens with one attached hydrogen (secondary N) is 1. The van der Waals surface area contributed by atoms with E-state index in [1.807, 2.05) is 38.1 Å². The van der Waals surface area contributed by atoms with Crippen LogP contribution >= 0.6 is 22.7 Å². The first kappa shape index (κ1) is 20.2. The Bertz CT molecular complexity index is 1260. The third kappa shape index (κ3) is 3.86. The minimum absolute atomic E-state index is 0.120. The maximum absolute atomic E-state index is 13.4. The van der Waals surface area contributed by atoms with Gasteiger partial charge in [-0.1, -0.05) is 12.1 Å². The first-order valence-corrected chi connectivity index (χ1v) is 11.1. The molecule has 0 saturated carbocycles. The Labute approximate surface area is 181 Å². The summed E-state index contributed by atoms with van der Waals surface area (Å²) < 4.78 is 6.93. The molecule has 9 heteroatoms. The summed E-state index contributed by atoms with van der Waals surface area (Å²) in [7, 11) is 0. The van der Waals surface area contributed by atoms with Gasteiger partial charge >= 0.3 is 0 Å². The lowest BCUT2D eigenvalue weighted by molar-refractivity contribution is -0.116. The molecule has 0 atom stereocenters. The summed E-state index contributed by atoms with van der Waals surface area (Å²) in [5.74, 6) is 0.968. The number of aromatic nitrogens is 3. The van der Waals surface area contributed by atoms with Crippen LogP contribution in [0.4, 0.5) is 5.13 Å².